The number of carboxylic acids is 1. The summed E-state index contributed by atoms with van der Waals surface area (Å²) in [4.78, 5) is 63.1. The predicted octanol–water partition coefficient (Wildman–Crippen LogP) is -1.58. The number of carbonyl (C=O) groups is 4. The topological polar surface area (TPSA) is 235 Å². The molecule has 4 unspecified atom stereocenters. The highest BCUT2D eigenvalue weighted by Crippen LogP contribution is 2.20. The lowest BCUT2D eigenvalue weighted by molar-refractivity contribution is -0.145. The lowest BCUT2D eigenvalue weighted by atomic mass is 10.0. The first-order valence-electron chi connectivity index (χ1n) is 12.4. The molecule has 10 N–H and O–H groups in total. The van der Waals surface area contributed by atoms with Crippen LogP contribution in [-0.2, 0) is 25.6 Å². The minimum Gasteiger partial charge on any atom is -0.480 e. The van der Waals surface area contributed by atoms with Gasteiger partial charge < -0.3 is 42.8 Å². The smallest absolute Gasteiger partial charge is 0.326 e. The Morgan fingerprint density at radius 2 is 1.97 bits per heavy atom. The molecule has 0 aromatic carbocycles. The summed E-state index contributed by atoms with van der Waals surface area (Å²) in [6, 6.07) is -3.79. The number of likely N-dealkylation sites (tertiary alicyclic amines) is 1. The number of aliphatic carboxylic acids is 1. The molecule has 1 aliphatic heterocycles. The minimum atomic E-state index is -1.13. The van der Waals surface area contributed by atoms with E-state index in [0.717, 1.165) is 0 Å². The van der Waals surface area contributed by atoms with Crippen molar-refractivity contribution in [2.45, 2.75) is 76.5 Å². The molecule has 0 radical (unpaired) electrons. The second-order valence-electron chi connectivity index (χ2n) is 9.62. The normalized spacial score (nSPS) is 17.6. The summed E-state index contributed by atoms with van der Waals surface area (Å²) in [7, 11) is 0. The summed E-state index contributed by atoms with van der Waals surface area (Å²) in [5.41, 5.74) is 17.5. The second kappa shape index (κ2) is 14.2. The van der Waals surface area contributed by atoms with E-state index >= 15 is 0 Å². The lowest BCUT2D eigenvalue weighted by Gasteiger charge is -2.30. The number of guanidine groups is 1. The van der Waals surface area contributed by atoms with E-state index in [1.165, 1.54) is 11.2 Å². The average Bonchev–Trinajstić information content (AvgIpc) is 3.51. The molecule has 3 amide bonds. The number of carbonyl (C=O) groups excluding carboxylic acids is 3. The third-order valence-corrected chi connectivity index (χ3v) is 6.05. The fourth-order valence-corrected chi connectivity index (χ4v) is 4.23. The van der Waals surface area contributed by atoms with Crippen LogP contribution in [0.25, 0.3) is 0 Å². The molecule has 14 heteroatoms. The van der Waals surface area contributed by atoms with E-state index in [-0.39, 0.29) is 37.7 Å². The molecule has 4 atom stereocenters. The first-order chi connectivity index (χ1) is 17.5. The van der Waals surface area contributed by atoms with Crippen molar-refractivity contribution in [3.63, 3.8) is 0 Å². The predicted molar refractivity (Wildman–Crippen MR) is 136 cm³/mol. The van der Waals surface area contributed by atoms with Crippen molar-refractivity contribution >= 4 is 29.7 Å². The van der Waals surface area contributed by atoms with Gasteiger partial charge in [-0.1, -0.05) is 13.8 Å². The molecule has 1 aromatic heterocycles. The quantitative estimate of drug-likeness (QED) is 0.0848. The molecular formula is C23H39N9O5. The van der Waals surface area contributed by atoms with Crippen LogP contribution < -0.4 is 27.8 Å². The van der Waals surface area contributed by atoms with Crippen LogP contribution in [-0.4, -0.2) is 86.9 Å². The van der Waals surface area contributed by atoms with Gasteiger partial charge in [0.2, 0.25) is 17.7 Å². The van der Waals surface area contributed by atoms with Crippen LogP contribution >= 0.6 is 0 Å². The largest absolute Gasteiger partial charge is 0.480 e. The van der Waals surface area contributed by atoms with Crippen LogP contribution in [0.1, 0.15) is 51.6 Å². The number of aliphatic imine (C=N–C) groups is 1. The molecule has 2 rings (SSSR count). The number of aromatic amines is 1. The van der Waals surface area contributed by atoms with Crippen molar-refractivity contribution in [3.05, 3.63) is 18.2 Å². The van der Waals surface area contributed by atoms with E-state index in [1.54, 1.807) is 6.20 Å². The number of aromatic nitrogens is 2. The van der Waals surface area contributed by atoms with Gasteiger partial charge in [0.05, 0.1) is 12.4 Å². The molecule has 1 aliphatic rings. The van der Waals surface area contributed by atoms with Crippen LogP contribution in [0, 0.1) is 5.92 Å². The molecule has 0 saturated carbocycles. The summed E-state index contributed by atoms with van der Waals surface area (Å²) < 4.78 is 0. The first-order valence-corrected chi connectivity index (χ1v) is 12.4. The van der Waals surface area contributed by atoms with Gasteiger partial charge in [0.25, 0.3) is 0 Å². The molecule has 0 aliphatic carbocycles. The highest BCUT2D eigenvalue weighted by atomic mass is 16.4. The molecule has 2 heterocycles. The van der Waals surface area contributed by atoms with Gasteiger partial charge in [0.15, 0.2) is 5.96 Å². The average molecular weight is 522 g/mol. The van der Waals surface area contributed by atoms with E-state index in [0.29, 0.717) is 31.5 Å². The van der Waals surface area contributed by atoms with Gasteiger partial charge in [-0.05, 0) is 38.0 Å². The van der Waals surface area contributed by atoms with Crippen molar-refractivity contribution < 1.29 is 24.3 Å². The Kier molecular flexibility index (Phi) is 11.3. The van der Waals surface area contributed by atoms with Gasteiger partial charge >= 0.3 is 5.97 Å². The van der Waals surface area contributed by atoms with Gasteiger partial charge in [0, 0.05) is 31.4 Å². The monoisotopic (exact) mass is 521 g/mol. The second-order valence-corrected chi connectivity index (χ2v) is 9.62. The van der Waals surface area contributed by atoms with Crippen molar-refractivity contribution in [1.29, 1.82) is 0 Å². The Hall–Kier alpha value is -3.68. The maximum Gasteiger partial charge on any atom is 0.326 e. The maximum atomic E-state index is 13.5. The number of nitrogens with one attached hydrogen (secondary N) is 3. The van der Waals surface area contributed by atoms with E-state index in [4.69, 9.17) is 17.2 Å². The highest BCUT2D eigenvalue weighted by molar-refractivity contribution is 5.94. The first kappa shape index (κ1) is 29.5. The van der Waals surface area contributed by atoms with Crippen LogP contribution in [0.5, 0.6) is 0 Å². The molecule has 1 saturated heterocycles. The number of carboxylic acid groups (broad SMARTS) is 1. The summed E-state index contributed by atoms with van der Waals surface area (Å²) in [6.45, 7) is 4.28. The number of rotatable bonds is 14. The third kappa shape index (κ3) is 9.37. The highest BCUT2D eigenvalue weighted by Gasteiger charge is 2.39. The molecule has 14 nitrogen and oxygen atoms in total. The maximum absolute atomic E-state index is 13.5. The molecule has 206 valence electrons. The number of nitrogens with two attached hydrogens (primary N) is 3. The summed E-state index contributed by atoms with van der Waals surface area (Å²) in [5, 5.41) is 14.8. The van der Waals surface area contributed by atoms with Gasteiger partial charge in [-0.15, -0.1) is 0 Å². The Morgan fingerprint density at radius 3 is 2.57 bits per heavy atom. The van der Waals surface area contributed by atoms with Crippen molar-refractivity contribution in [3.8, 4) is 0 Å². The number of imidazole rings is 1. The number of hydrogen-bond donors (Lipinski definition) is 7. The number of H-pyrrole nitrogens is 1. The lowest BCUT2D eigenvalue weighted by Crippen LogP contribution is -2.57. The fourth-order valence-electron chi connectivity index (χ4n) is 4.23. The van der Waals surface area contributed by atoms with Crippen molar-refractivity contribution in [1.82, 2.24) is 25.5 Å². The van der Waals surface area contributed by atoms with Crippen LogP contribution in [0.3, 0.4) is 0 Å². The van der Waals surface area contributed by atoms with Gasteiger partial charge in [0.1, 0.15) is 18.1 Å². The summed E-state index contributed by atoms with van der Waals surface area (Å²) >= 11 is 0. The molecule has 1 aromatic rings. The Bertz CT molecular complexity index is 946. The third-order valence-electron chi connectivity index (χ3n) is 6.05. The van der Waals surface area contributed by atoms with Gasteiger partial charge in [-0.3, -0.25) is 19.4 Å². The summed E-state index contributed by atoms with van der Waals surface area (Å²) in [5.74, 6) is -2.66. The van der Waals surface area contributed by atoms with E-state index in [9.17, 15) is 24.3 Å². The fraction of sp³-hybridized carbons (Fsp3) is 0.652. The van der Waals surface area contributed by atoms with Crippen molar-refractivity contribution in [2.24, 2.45) is 28.1 Å². The van der Waals surface area contributed by atoms with Gasteiger partial charge in [-0.2, -0.15) is 0 Å². The minimum absolute atomic E-state index is 0.0542. The van der Waals surface area contributed by atoms with E-state index in [1.807, 2.05) is 13.8 Å². The Morgan fingerprint density at radius 1 is 1.24 bits per heavy atom. The number of amides is 3. The molecule has 1 fully saturated rings. The summed E-state index contributed by atoms with van der Waals surface area (Å²) in [6.07, 6.45) is 5.06. The number of hydrogen-bond acceptors (Lipinski definition) is 7. The van der Waals surface area contributed by atoms with Crippen LogP contribution in [0.15, 0.2) is 17.5 Å². The molecular weight excluding hydrogens is 482 g/mol. The Balaban J connectivity index is 2.12. The van der Waals surface area contributed by atoms with Crippen molar-refractivity contribution in [2.75, 3.05) is 13.1 Å². The zero-order valence-corrected chi connectivity index (χ0v) is 21.4. The molecule has 0 bridgehead atoms. The zero-order valence-electron chi connectivity index (χ0n) is 21.4. The van der Waals surface area contributed by atoms with E-state index < -0.39 is 47.9 Å². The van der Waals surface area contributed by atoms with Crippen LogP contribution in [0.2, 0.25) is 0 Å². The molecule has 0 spiro atoms. The zero-order chi connectivity index (χ0) is 27.5. The van der Waals surface area contributed by atoms with Gasteiger partial charge in [-0.25, -0.2) is 9.78 Å². The van der Waals surface area contributed by atoms with E-state index in [2.05, 4.69) is 25.6 Å². The number of nitrogens with zero attached hydrogens (tertiary/aromatic N) is 3. The van der Waals surface area contributed by atoms with Crippen LogP contribution in [0.4, 0.5) is 0 Å². The standard InChI is InChI=1S/C23H39N9O5/c1-13(2)9-17(22(36)37)31-20(34)18-6-4-8-32(18)21(35)16(5-3-7-28-23(25)26)30-19(33)15(24)10-14-11-27-12-29-14/h11-13,15-18H,3-10,24H2,1-2H3,(H,27,29)(H,30,33)(H,31,34)(H,36,37)(H4,25,26,28). The Labute approximate surface area is 215 Å². The SMILES string of the molecule is CC(C)CC(NC(=O)C1CCCN1C(=O)C(CCCN=C(N)N)NC(=O)C(N)Cc1cnc[nH]1)C(=O)O. The molecule has 37 heavy (non-hydrogen) atoms.